The SMILES string of the molecule is CS(=O)(=O)NCC1CCCCN1C(=O)CCCCN. The van der Waals surface area contributed by atoms with Crippen molar-refractivity contribution in [2.45, 2.75) is 44.6 Å². The maximum Gasteiger partial charge on any atom is 0.222 e. The van der Waals surface area contributed by atoms with Gasteiger partial charge in [-0.05, 0) is 38.6 Å². The van der Waals surface area contributed by atoms with Crippen molar-refractivity contribution in [3.63, 3.8) is 0 Å². The molecular formula is C12H25N3O3S. The van der Waals surface area contributed by atoms with Crippen LogP contribution in [-0.4, -0.2) is 51.2 Å². The molecule has 0 spiro atoms. The summed E-state index contributed by atoms with van der Waals surface area (Å²) < 4.78 is 24.8. The largest absolute Gasteiger partial charge is 0.338 e. The van der Waals surface area contributed by atoms with Crippen molar-refractivity contribution in [3.8, 4) is 0 Å². The molecule has 1 saturated heterocycles. The topological polar surface area (TPSA) is 92.5 Å². The molecule has 19 heavy (non-hydrogen) atoms. The zero-order valence-corrected chi connectivity index (χ0v) is 12.4. The molecular weight excluding hydrogens is 266 g/mol. The Kier molecular flexibility index (Phi) is 6.74. The highest BCUT2D eigenvalue weighted by Crippen LogP contribution is 2.18. The van der Waals surface area contributed by atoms with Gasteiger partial charge in [-0.1, -0.05) is 0 Å². The smallest absolute Gasteiger partial charge is 0.222 e. The molecule has 6 nitrogen and oxygen atoms in total. The third-order valence-corrected chi connectivity index (χ3v) is 4.06. The van der Waals surface area contributed by atoms with E-state index in [0.717, 1.165) is 44.9 Å². The summed E-state index contributed by atoms with van der Waals surface area (Å²) in [4.78, 5) is 13.9. The van der Waals surface area contributed by atoms with Gasteiger partial charge in [-0.25, -0.2) is 13.1 Å². The van der Waals surface area contributed by atoms with E-state index in [9.17, 15) is 13.2 Å². The zero-order chi connectivity index (χ0) is 14.3. The summed E-state index contributed by atoms with van der Waals surface area (Å²) in [6, 6.07) is -0.00569. The predicted octanol–water partition coefficient (Wildman–Crippen LogP) is 0.0457. The number of piperidine rings is 1. The van der Waals surface area contributed by atoms with Crippen LogP contribution in [0.5, 0.6) is 0 Å². The summed E-state index contributed by atoms with van der Waals surface area (Å²) in [6.07, 6.45) is 6.21. The van der Waals surface area contributed by atoms with Crippen molar-refractivity contribution < 1.29 is 13.2 Å². The highest BCUT2D eigenvalue weighted by atomic mass is 32.2. The number of rotatable bonds is 7. The molecule has 3 N–H and O–H groups in total. The third-order valence-electron chi connectivity index (χ3n) is 3.37. The van der Waals surface area contributed by atoms with Crippen LogP contribution in [0.15, 0.2) is 0 Å². The highest BCUT2D eigenvalue weighted by molar-refractivity contribution is 7.88. The average molecular weight is 291 g/mol. The lowest BCUT2D eigenvalue weighted by atomic mass is 10.0. The van der Waals surface area contributed by atoms with Gasteiger partial charge in [-0.3, -0.25) is 4.79 Å². The third kappa shape index (κ3) is 6.35. The molecule has 1 amide bonds. The van der Waals surface area contributed by atoms with E-state index in [0.29, 0.717) is 19.5 Å². The minimum Gasteiger partial charge on any atom is -0.338 e. The van der Waals surface area contributed by atoms with Crippen LogP contribution >= 0.6 is 0 Å². The zero-order valence-electron chi connectivity index (χ0n) is 11.6. The first kappa shape index (κ1) is 16.4. The first-order valence-electron chi connectivity index (χ1n) is 6.88. The lowest BCUT2D eigenvalue weighted by molar-refractivity contribution is -0.134. The van der Waals surface area contributed by atoms with E-state index < -0.39 is 10.0 Å². The Morgan fingerprint density at radius 2 is 2.11 bits per heavy atom. The van der Waals surface area contributed by atoms with Crippen LogP contribution in [0.2, 0.25) is 0 Å². The summed E-state index contributed by atoms with van der Waals surface area (Å²) in [5.74, 6) is 0.119. The van der Waals surface area contributed by atoms with Gasteiger partial charge >= 0.3 is 0 Å². The van der Waals surface area contributed by atoms with Gasteiger partial charge in [0.25, 0.3) is 0 Å². The van der Waals surface area contributed by atoms with Crippen LogP contribution in [0.3, 0.4) is 0 Å². The molecule has 0 aromatic heterocycles. The fraction of sp³-hybridized carbons (Fsp3) is 0.917. The van der Waals surface area contributed by atoms with Crippen molar-refractivity contribution >= 4 is 15.9 Å². The monoisotopic (exact) mass is 291 g/mol. The van der Waals surface area contributed by atoms with E-state index in [1.54, 1.807) is 0 Å². The number of nitrogens with two attached hydrogens (primary N) is 1. The van der Waals surface area contributed by atoms with Crippen molar-refractivity contribution in [1.29, 1.82) is 0 Å². The predicted molar refractivity (Wildman–Crippen MR) is 75.1 cm³/mol. The number of amides is 1. The Labute approximate surface area is 115 Å². The summed E-state index contributed by atoms with van der Waals surface area (Å²) >= 11 is 0. The Balaban J connectivity index is 2.49. The van der Waals surface area contributed by atoms with Crippen LogP contribution in [0.1, 0.15) is 38.5 Å². The number of hydrogen-bond donors (Lipinski definition) is 2. The Bertz CT molecular complexity index is 384. The van der Waals surface area contributed by atoms with Gasteiger partial charge in [0, 0.05) is 25.6 Å². The van der Waals surface area contributed by atoms with Crippen LogP contribution in [-0.2, 0) is 14.8 Å². The van der Waals surface area contributed by atoms with E-state index in [2.05, 4.69) is 4.72 Å². The Morgan fingerprint density at radius 3 is 2.74 bits per heavy atom. The summed E-state index contributed by atoms with van der Waals surface area (Å²) in [6.45, 7) is 1.66. The van der Waals surface area contributed by atoms with Crippen molar-refractivity contribution in [3.05, 3.63) is 0 Å². The first-order valence-corrected chi connectivity index (χ1v) is 8.77. The molecule has 0 aromatic rings. The summed E-state index contributed by atoms with van der Waals surface area (Å²) in [5.41, 5.74) is 5.41. The molecule has 1 heterocycles. The van der Waals surface area contributed by atoms with Gasteiger partial charge in [0.1, 0.15) is 0 Å². The van der Waals surface area contributed by atoms with Gasteiger partial charge in [0.2, 0.25) is 15.9 Å². The fourth-order valence-corrected chi connectivity index (χ4v) is 2.85. The van der Waals surface area contributed by atoms with E-state index in [4.69, 9.17) is 5.73 Å². The number of carbonyl (C=O) groups excluding carboxylic acids is 1. The lowest BCUT2D eigenvalue weighted by Gasteiger charge is -2.36. The maximum absolute atomic E-state index is 12.1. The van der Waals surface area contributed by atoms with Gasteiger partial charge < -0.3 is 10.6 Å². The van der Waals surface area contributed by atoms with E-state index in [-0.39, 0.29) is 11.9 Å². The molecule has 1 unspecified atom stereocenters. The number of nitrogens with zero attached hydrogens (tertiary/aromatic N) is 1. The molecule has 1 rings (SSSR count). The second kappa shape index (κ2) is 7.81. The minimum absolute atomic E-state index is 0.00569. The molecule has 0 saturated carbocycles. The van der Waals surface area contributed by atoms with E-state index >= 15 is 0 Å². The Hall–Kier alpha value is -0.660. The lowest BCUT2D eigenvalue weighted by Crippen LogP contribution is -2.49. The van der Waals surface area contributed by atoms with Gasteiger partial charge in [0.15, 0.2) is 0 Å². The molecule has 1 aliphatic heterocycles. The first-order chi connectivity index (χ1) is 8.94. The molecule has 1 aliphatic rings. The van der Waals surface area contributed by atoms with E-state index in [1.165, 1.54) is 0 Å². The maximum atomic E-state index is 12.1. The van der Waals surface area contributed by atoms with Crippen LogP contribution < -0.4 is 10.5 Å². The van der Waals surface area contributed by atoms with Crippen molar-refractivity contribution in [1.82, 2.24) is 9.62 Å². The van der Waals surface area contributed by atoms with Crippen LogP contribution in [0, 0.1) is 0 Å². The van der Waals surface area contributed by atoms with Gasteiger partial charge in [0.05, 0.1) is 6.26 Å². The molecule has 1 fully saturated rings. The number of unbranched alkanes of at least 4 members (excludes halogenated alkanes) is 1. The van der Waals surface area contributed by atoms with E-state index in [1.807, 2.05) is 4.90 Å². The van der Waals surface area contributed by atoms with Gasteiger partial charge in [-0.15, -0.1) is 0 Å². The molecule has 0 aliphatic carbocycles. The quantitative estimate of drug-likeness (QED) is 0.648. The molecule has 1 atom stereocenters. The number of nitrogens with one attached hydrogen (secondary N) is 1. The summed E-state index contributed by atoms with van der Waals surface area (Å²) in [7, 11) is -3.20. The number of hydrogen-bond acceptors (Lipinski definition) is 4. The second-order valence-corrected chi connectivity index (χ2v) is 6.94. The normalized spacial score (nSPS) is 20.5. The number of likely N-dealkylation sites (tertiary alicyclic amines) is 1. The summed E-state index contributed by atoms with van der Waals surface area (Å²) in [5, 5.41) is 0. The number of sulfonamides is 1. The minimum atomic E-state index is -3.20. The Morgan fingerprint density at radius 1 is 1.37 bits per heavy atom. The molecule has 0 bridgehead atoms. The average Bonchev–Trinajstić information content (AvgIpc) is 2.36. The fourth-order valence-electron chi connectivity index (χ4n) is 2.35. The standard InChI is InChI=1S/C12H25N3O3S/c1-19(17,18)14-10-11-6-3-5-9-15(11)12(16)7-2-4-8-13/h11,14H,2-10,13H2,1H3. The molecule has 0 aromatic carbocycles. The van der Waals surface area contributed by atoms with Crippen LogP contribution in [0.4, 0.5) is 0 Å². The molecule has 0 radical (unpaired) electrons. The molecule has 7 heteroatoms. The second-order valence-electron chi connectivity index (χ2n) is 5.10. The van der Waals surface area contributed by atoms with Gasteiger partial charge in [-0.2, -0.15) is 0 Å². The highest BCUT2D eigenvalue weighted by Gasteiger charge is 2.26. The van der Waals surface area contributed by atoms with Crippen molar-refractivity contribution in [2.75, 3.05) is 25.9 Å². The van der Waals surface area contributed by atoms with Crippen LogP contribution in [0.25, 0.3) is 0 Å². The number of carbonyl (C=O) groups is 1. The molecule has 112 valence electrons. The van der Waals surface area contributed by atoms with Crippen molar-refractivity contribution in [2.24, 2.45) is 5.73 Å².